The summed E-state index contributed by atoms with van der Waals surface area (Å²) in [6.07, 6.45) is 5.54. The van der Waals surface area contributed by atoms with E-state index in [1.165, 1.54) is 49.3 Å². The lowest BCUT2D eigenvalue weighted by molar-refractivity contribution is -0.488. The van der Waals surface area contributed by atoms with Gasteiger partial charge >= 0.3 is 0 Å². The van der Waals surface area contributed by atoms with E-state index in [4.69, 9.17) is 4.42 Å². The molecule has 3 nitrogen and oxygen atoms in total. The highest BCUT2D eigenvalue weighted by molar-refractivity contribution is 6.16. The number of para-hydroxylation sites is 1. The van der Waals surface area contributed by atoms with Crippen molar-refractivity contribution >= 4 is 65.6 Å². The lowest BCUT2D eigenvalue weighted by Crippen LogP contribution is -2.27. The van der Waals surface area contributed by atoms with Gasteiger partial charge in [-0.15, -0.1) is 0 Å². The van der Waals surface area contributed by atoms with Crippen LogP contribution in [0, 0.1) is 19.8 Å². The van der Waals surface area contributed by atoms with Gasteiger partial charge in [0.25, 0.3) is 0 Å². The molecule has 0 aliphatic heterocycles. The Morgan fingerprint density at radius 1 is 0.535 bits per heavy atom. The molecule has 4 heterocycles. The largest absolute Gasteiger partial charge is 0.456 e. The summed E-state index contributed by atoms with van der Waals surface area (Å²) in [5.74, 6) is 0.565. The molecule has 43 heavy (non-hydrogen) atoms. The van der Waals surface area contributed by atoms with Crippen LogP contribution >= 0.6 is 0 Å². The summed E-state index contributed by atoms with van der Waals surface area (Å²) in [6.45, 7) is 8.86. The van der Waals surface area contributed by atoms with Crippen molar-refractivity contribution in [3.05, 3.63) is 132 Å². The number of rotatable bonds is 2. The van der Waals surface area contributed by atoms with Gasteiger partial charge in [0, 0.05) is 40.6 Å². The number of pyridine rings is 2. The first-order chi connectivity index (χ1) is 20.9. The summed E-state index contributed by atoms with van der Waals surface area (Å²) in [6, 6.07) is 37.7. The molecule has 4 aromatic carbocycles. The molecular formula is C40H34N2O+2. The van der Waals surface area contributed by atoms with Gasteiger partial charge in [-0.25, -0.2) is 0 Å². The van der Waals surface area contributed by atoms with Crippen molar-refractivity contribution < 1.29 is 13.2 Å². The summed E-state index contributed by atoms with van der Waals surface area (Å²) >= 11 is 0. The number of nitrogens with zero attached hydrogens (tertiary/aromatic N) is 2. The van der Waals surface area contributed by atoms with Gasteiger partial charge in [0.05, 0.1) is 6.07 Å². The predicted octanol–water partition coefficient (Wildman–Crippen LogP) is 9.46. The Hall–Kier alpha value is -5.02. The quantitative estimate of drug-likeness (QED) is 0.194. The first-order valence-electron chi connectivity index (χ1n) is 15.2. The average molecular weight is 559 g/mol. The van der Waals surface area contributed by atoms with Gasteiger partial charge in [0.1, 0.15) is 21.9 Å². The Balaban J connectivity index is 1.72. The van der Waals surface area contributed by atoms with Gasteiger partial charge in [-0.3, -0.25) is 0 Å². The third-order valence-corrected chi connectivity index (χ3v) is 8.70. The second-order valence-electron chi connectivity index (χ2n) is 12.4. The van der Waals surface area contributed by atoms with Gasteiger partial charge in [-0.2, -0.15) is 8.80 Å². The van der Waals surface area contributed by atoms with Crippen molar-refractivity contribution in [2.75, 3.05) is 0 Å². The molecule has 4 aromatic heterocycles. The third kappa shape index (κ3) is 4.19. The maximum absolute atomic E-state index is 6.86. The second-order valence-corrected chi connectivity index (χ2v) is 12.4. The minimum absolute atomic E-state index is 0.565. The summed E-state index contributed by atoms with van der Waals surface area (Å²) in [5.41, 5.74) is 10.1. The topological polar surface area (TPSA) is 21.3 Å². The van der Waals surface area contributed by atoms with E-state index >= 15 is 0 Å². The van der Waals surface area contributed by atoms with Gasteiger partial charge < -0.3 is 4.42 Å². The molecule has 3 heteroatoms. The molecule has 8 aromatic rings. The molecule has 0 saturated carbocycles. The fourth-order valence-electron chi connectivity index (χ4n) is 6.76. The summed E-state index contributed by atoms with van der Waals surface area (Å²) < 4.78 is 11.6. The third-order valence-electron chi connectivity index (χ3n) is 8.70. The molecule has 0 bridgehead atoms. The predicted molar refractivity (Wildman–Crippen MR) is 178 cm³/mol. The zero-order valence-corrected chi connectivity index (χ0v) is 25.1. The van der Waals surface area contributed by atoms with Crippen molar-refractivity contribution in [2.24, 2.45) is 5.92 Å². The van der Waals surface area contributed by atoms with E-state index in [0.717, 1.165) is 39.4 Å². The normalized spacial score (nSPS) is 12.0. The SMILES string of the molecule is Cc1ccc2c(c1)oc1cc3c(cc1c1ccccc21)c1cc(CC(C)C)cc[n+]1c1ccccc1c1ccc(C)c[n+]13. The number of hydrogen-bond acceptors (Lipinski definition) is 1. The molecule has 0 amide bonds. The summed E-state index contributed by atoms with van der Waals surface area (Å²) in [7, 11) is 0. The first kappa shape index (κ1) is 25.7. The Labute approximate surface area is 250 Å². The van der Waals surface area contributed by atoms with Gasteiger partial charge in [-0.05, 0) is 72.4 Å². The molecule has 0 atom stereocenters. The molecule has 0 unspecified atom stereocenters. The van der Waals surface area contributed by atoms with E-state index in [0.29, 0.717) is 5.92 Å². The van der Waals surface area contributed by atoms with Crippen molar-refractivity contribution in [2.45, 2.75) is 34.1 Å². The van der Waals surface area contributed by atoms with Crippen LogP contribution in [-0.4, -0.2) is 0 Å². The average Bonchev–Trinajstić information content (AvgIpc) is 3.13. The Morgan fingerprint density at radius 3 is 2.02 bits per heavy atom. The highest BCUT2D eigenvalue weighted by Crippen LogP contribution is 2.34. The number of fused-ring (bicyclic) bond motifs is 13. The number of benzene rings is 4. The summed E-state index contributed by atoms with van der Waals surface area (Å²) in [4.78, 5) is 0. The van der Waals surface area contributed by atoms with E-state index in [-0.39, 0.29) is 0 Å². The molecule has 0 fully saturated rings. The van der Waals surface area contributed by atoms with Crippen molar-refractivity contribution in [1.82, 2.24) is 0 Å². The summed E-state index contributed by atoms with van der Waals surface area (Å²) in [5, 5.41) is 6.97. The molecule has 0 spiro atoms. The smallest absolute Gasteiger partial charge is 0.228 e. The van der Waals surface area contributed by atoms with Crippen LogP contribution in [0.25, 0.3) is 65.6 Å². The standard InChI is InChI=1S/C40H34N2O/c1-25(2)19-28-17-18-41-35-12-8-7-11-32(35)36-16-14-27(4)24-42(36)38-23-40-33(22-34(38)37(41)21-28)30-10-6-5-9-29(30)31-15-13-26(3)20-39(31)43-40/h5-18,20-25H,19H2,1-4H3/q+2. The van der Waals surface area contributed by atoms with Gasteiger partial charge in [0.15, 0.2) is 12.4 Å². The van der Waals surface area contributed by atoms with E-state index in [1.54, 1.807) is 0 Å². The monoisotopic (exact) mass is 558 g/mol. The molecule has 0 aliphatic carbocycles. The molecular weight excluding hydrogens is 524 g/mol. The Kier molecular flexibility index (Phi) is 5.84. The van der Waals surface area contributed by atoms with Crippen LogP contribution in [0.4, 0.5) is 0 Å². The number of aryl methyl sites for hydroxylation is 2. The van der Waals surface area contributed by atoms with Gasteiger partial charge in [-0.1, -0.05) is 62.4 Å². The minimum atomic E-state index is 0.565. The van der Waals surface area contributed by atoms with E-state index < -0.39 is 0 Å². The number of aromatic nitrogens is 2. The van der Waals surface area contributed by atoms with Crippen LogP contribution in [0.2, 0.25) is 0 Å². The lowest BCUT2D eigenvalue weighted by atomic mass is 10.0. The zero-order valence-electron chi connectivity index (χ0n) is 25.1. The Morgan fingerprint density at radius 2 is 1.21 bits per heavy atom. The van der Waals surface area contributed by atoms with Crippen LogP contribution < -0.4 is 8.80 Å². The minimum Gasteiger partial charge on any atom is -0.456 e. The van der Waals surface area contributed by atoms with Crippen LogP contribution in [0.5, 0.6) is 0 Å². The molecule has 8 rings (SSSR count). The van der Waals surface area contributed by atoms with E-state index in [2.05, 4.69) is 152 Å². The highest BCUT2D eigenvalue weighted by Gasteiger charge is 2.22. The van der Waals surface area contributed by atoms with Crippen LogP contribution in [-0.2, 0) is 6.42 Å². The van der Waals surface area contributed by atoms with Crippen LogP contribution in [0.1, 0.15) is 30.5 Å². The van der Waals surface area contributed by atoms with Crippen molar-refractivity contribution in [3.8, 4) is 0 Å². The van der Waals surface area contributed by atoms with E-state index in [1.807, 2.05) is 0 Å². The molecule has 208 valence electrons. The highest BCUT2D eigenvalue weighted by atomic mass is 16.3. The van der Waals surface area contributed by atoms with Crippen molar-refractivity contribution in [1.29, 1.82) is 0 Å². The fraction of sp³-hybridized carbons (Fsp3) is 0.150. The lowest BCUT2D eigenvalue weighted by Gasteiger charge is -2.06. The van der Waals surface area contributed by atoms with Crippen LogP contribution in [0.3, 0.4) is 0 Å². The van der Waals surface area contributed by atoms with E-state index in [9.17, 15) is 0 Å². The van der Waals surface area contributed by atoms with Gasteiger partial charge in [0.2, 0.25) is 22.1 Å². The molecule has 0 N–H and O–H groups in total. The fourth-order valence-corrected chi connectivity index (χ4v) is 6.76. The maximum atomic E-state index is 6.86. The number of hydrogen-bond donors (Lipinski definition) is 0. The zero-order chi connectivity index (χ0) is 29.2. The Bertz CT molecular complexity index is 2480. The maximum Gasteiger partial charge on any atom is 0.228 e. The second kappa shape index (κ2) is 9.78. The van der Waals surface area contributed by atoms with Crippen molar-refractivity contribution in [3.63, 3.8) is 0 Å². The molecule has 0 saturated heterocycles. The van der Waals surface area contributed by atoms with Crippen LogP contribution in [0.15, 0.2) is 120 Å². The molecule has 0 aliphatic rings. The first-order valence-corrected chi connectivity index (χ1v) is 15.2. The molecule has 0 radical (unpaired) electrons.